The van der Waals surface area contributed by atoms with Crippen molar-refractivity contribution in [3.8, 4) is 0 Å². The van der Waals surface area contributed by atoms with Gasteiger partial charge >= 0.3 is 0 Å². The van der Waals surface area contributed by atoms with Gasteiger partial charge in [0, 0.05) is 11.9 Å². The molecule has 0 saturated heterocycles. The third kappa shape index (κ3) is 3.68. The molecule has 3 N–H and O–H groups in total. The number of hydrogen-bond acceptors (Lipinski definition) is 4. The van der Waals surface area contributed by atoms with Gasteiger partial charge in [-0.15, -0.1) is 0 Å². The summed E-state index contributed by atoms with van der Waals surface area (Å²) in [6.45, 7) is 5.02. The van der Waals surface area contributed by atoms with E-state index in [2.05, 4.69) is 53.4 Å². The molecule has 1 aromatic heterocycles. The van der Waals surface area contributed by atoms with E-state index in [1.54, 1.807) is 12.3 Å². The molecule has 1 unspecified atom stereocenters. The predicted octanol–water partition coefficient (Wildman–Crippen LogP) is 3.18. The summed E-state index contributed by atoms with van der Waals surface area (Å²) in [6, 6.07) is 10.2. The van der Waals surface area contributed by atoms with Crippen LogP contribution in [0.3, 0.4) is 0 Å². The van der Waals surface area contributed by atoms with Crippen LogP contribution < -0.4 is 11.1 Å². The second kappa shape index (κ2) is 6.18. The summed E-state index contributed by atoms with van der Waals surface area (Å²) in [5.74, 6) is 1.80. The van der Waals surface area contributed by atoms with E-state index < -0.39 is 0 Å². The molecule has 1 heterocycles. The van der Waals surface area contributed by atoms with Crippen molar-refractivity contribution >= 4 is 11.5 Å². The second-order valence-electron chi connectivity index (χ2n) is 4.68. The third-order valence-corrected chi connectivity index (χ3v) is 3.27. The molecule has 0 aliphatic heterocycles. The van der Waals surface area contributed by atoms with E-state index in [4.69, 9.17) is 5.73 Å². The molecule has 0 bridgehead atoms. The van der Waals surface area contributed by atoms with Gasteiger partial charge in [0.15, 0.2) is 0 Å². The van der Waals surface area contributed by atoms with Gasteiger partial charge in [-0.3, -0.25) is 0 Å². The molecule has 4 nitrogen and oxygen atoms in total. The molecular formula is C15H20N4. The lowest BCUT2D eigenvalue weighted by Crippen LogP contribution is -2.05. The van der Waals surface area contributed by atoms with Gasteiger partial charge in [-0.2, -0.15) is 0 Å². The SMILES string of the molecule is CCC(C)c1ccc(NCc2nccc(N)n2)cc1. The van der Waals surface area contributed by atoms with Crippen LogP contribution in [-0.4, -0.2) is 9.97 Å². The van der Waals surface area contributed by atoms with Gasteiger partial charge in [-0.05, 0) is 36.1 Å². The van der Waals surface area contributed by atoms with E-state index in [9.17, 15) is 0 Å². The fraction of sp³-hybridized carbons (Fsp3) is 0.333. The molecule has 4 heteroatoms. The smallest absolute Gasteiger partial charge is 0.149 e. The van der Waals surface area contributed by atoms with Gasteiger partial charge in [0.2, 0.25) is 0 Å². The van der Waals surface area contributed by atoms with Crippen LogP contribution in [0.5, 0.6) is 0 Å². The quantitative estimate of drug-likeness (QED) is 0.862. The fourth-order valence-electron chi connectivity index (χ4n) is 1.85. The van der Waals surface area contributed by atoms with Crippen molar-refractivity contribution in [2.75, 3.05) is 11.1 Å². The lowest BCUT2D eigenvalue weighted by atomic mass is 9.99. The number of rotatable bonds is 5. The lowest BCUT2D eigenvalue weighted by Gasteiger charge is -2.10. The zero-order valence-corrected chi connectivity index (χ0v) is 11.4. The van der Waals surface area contributed by atoms with Gasteiger partial charge in [0.1, 0.15) is 11.6 Å². The Morgan fingerprint density at radius 3 is 2.58 bits per heavy atom. The Hall–Kier alpha value is -2.10. The van der Waals surface area contributed by atoms with E-state index in [1.165, 1.54) is 5.56 Å². The summed E-state index contributed by atoms with van der Waals surface area (Å²) in [6.07, 6.45) is 2.83. The Balaban J connectivity index is 1.96. The highest BCUT2D eigenvalue weighted by molar-refractivity contribution is 5.45. The second-order valence-corrected chi connectivity index (χ2v) is 4.68. The minimum atomic E-state index is 0.499. The molecule has 1 atom stereocenters. The Bertz CT molecular complexity index is 522. The standard InChI is InChI=1S/C15H20N4/c1-3-11(2)12-4-6-13(7-5-12)18-10-15-17-9-8-14(16)19-15/h4-9,11,18H,3,10H2,1-2H3,(H2,16,17,19). The molecular weight excluding hydrogens is 236 g/mol. The van der Waals surface area contributed by atoms with Gasteiger partial charge in [-0.1, -0.05) is 26.0 Å². The number of aromatic nitrogens is 2. The molecule has 2 rings (SSSR count). The Kier molecular flexibility index (Phi) is 4.34. The summed E-state index contributed by atoms with van der Waals surface area (Å²) in [5, 5.41) is 3.29. The van der Waals surface area contributed by atoms with Crippen LogP contribution in [0.4, 0.5) is 11.5 Å². The molecule has 0 aliphatic carbocycles. The Labute approximate surface area is 114 Å². The van der Waals surface area contributed by atoms with Gasteiger partial charge in [-0.25, -0.2) is 9.97 Å². The highest BCUT2D eigenvalue weighted by Gasteiger charge is 2.02. The number of hydrogen-bond donors (Lipinski definition) is 2. The van der Waals surface area contributed by atoms with Crippen molar-refractivity contribution in [3.05, 3.63) is 47.9 Å². The maximum absolute atomic E-state index is 5.62. The monoisotopic (exact) mass is 256 g/mol. The largest absolute Gasteiger partial charge is 0.384 e. The third-order valence-electron chi connectivity index (χ3n) is 3.27. The first-order valence-corrected chi connectivity index (χ1v) is 6.60. The fourth-order valence-corrected chi connectivity index (χ4v) is 1.85. The number of anilines is 2. The average Bonchev–Trinajstić information content (AvgIpc) is 2.45. The molecule has 19 heavy (non-hydrogen) atoms. The maximum atomic E-state index is 5.62. The molecule has 0 radical (unpaired) electrons. The van der Waals surface area contributed by atoms with E-state index in [0.29, 0.717) is 24.1 Å². The maximum Gasteiger partial charge on any atom is 0.149 e. The van der Waals surface area contributed by atoms with Crippen LogP contribution in [0.15, 0.2) is 36.5 Å². The summed E-state index contributed by atoms with van der Waals surface area (Å²) in [5.41, 5.74) is 8.05. The molecule has 0 spiro atoms. The van der Waals surface area contributed by atoms with Crippen LogP contribution in [0.25, 0.3) is 0 Å². The van der Waals surface area contributed by atoms with Crippen molar-refractivity contribution in [1.82, 2.24) is 9.97 Å². The van der Waals surface area contributed by atoms with Crippen molar-refractivity contribution in [1.29, 1.82) is 0 Å². The van der Waals surface area contributed by atoms with Crippen molar-refractivity contribution in [2.45, 2.75) is 32.7 Å². The Morgan fingerprint density at radius 2 is 1.95 bits per heavy atom. The van der Waals surface area contributed by atoms with E-state index >= 15 is 0 Å². The molecule has 100 valence electrons. The van der Waals surface area contributed by atoms with E-state index in [1.807, 2.05) is 0 Å². The summed E-state index contributed by atoms with van der Waals surface area (Å²) in [4.78, 5) is 8.31. The van der Waals surface area contributed by atoms with Crippen LogP contribution in [-0.2, 0) is 6.54 Å². The molecule has 0 fully saturated rings. The minimum Gasteiger partial charge on any atom is -0.384 e. The summed E-state index contributed by atoms with van der Waals surface area (Å²) in [7, 11) is 0. The molecule has 0 amide bonds. The van der Waals surface area contributed by atoms with Gasteiger partial charge < -0.3 is 11.1 Å². The van der Waals surface area contributed by atoms with Gasteiger partial charge in [0.05, 0.1) is 6.54 Å². The lowest BCUT2D eigenvalue weighted by molar-refractivity contribution is 0.733. The molecule has 2 aromatic rings. The number of nitrogen functional groups attached to an aromatic ring is 1. The van der Waals surface area contributed by atoms with Crippen molar-refractivity contribution < 1.29 is 0 Å². The topological polar surface area (TPSA) is 63.8 Å². The molecule has 1 aromatic carbocycles. The minimum absolute atomic E-state index is 0.499. The van der Waals surface area contributed by atoms with E-state index in [0.717, 1.165) is 12.1 Å². The Morgan fingerprint density at radius 1 is 1.21 bits per heavy atom. The normalized spacial score (nSPS) is 12.1. The predicted molar refractivity (Wildman–Crippen MR) is 78.9 cm³/mol. The summed E-state index contributed by atoms with van der Waals surface area (Å²) >= 11 is 0. The van der Waals surface area contributed by atoms with Crippen LogP contribution in [0, 0.1) is 0 Å². The number of nitrogens with zero attached hydrogens (tertiary/aromatic N) is 2. The zero-order chi connectivity index (χ0) is 13.7. The highest BCUT2D eigenvalue weighted by atomic mass is 15.0. The first-order chi connectivity index (χ1) is 9.19. The van der Waals surface area contributed by atoms with Crippen molar-refractivity contribution in [2.24, 2.45) is 0 Å². The van der Waals surface area contributed by atoms with Gasteiger partial charge in [0.25, 0.3) is 0 Å². The molecule has 0 saturated carbocycles. The number of nitrogens with one attached hydrogen (secondary N) is 1. The first kappa shape index (κ1) is 13.3. The van der Waals surface area contributed by atoms with Crippen LogP contribution in [0.2, 0.25) is 0 Å². The van der Waals surface area contributed by atoms with Crippen LogP contribution in [0.1, 0.15) is 37.6 Å². The highest BCUT2D eigenvalue weighted by Crippen LogP contribution is 2.20. The average molecular weight is 256 g/mol. The first-order valence-electron chi connectivity index (χ1n) is 6.60. The zero-order valence-electron chi connectivity index (χ0n) is 11.4. The van der Waals surface area contributed by atoms with E-state index in [-0.39, 0.29) is 0 Å². The summed E-state index contributed by atoms with van der Waals surface area (Å²) < 4.78 is 0. The number of nitrogens with two attached hydrogens (primary N) is 1. The number of benzene rings is 1. The van der Waals surface area contributed by atoms with Crippen LogP contribution >= 0.6 is 0 Å². The molecule has 0 aliphatic rings. The van der Waals surface area contributed by atoms with Crippen molar-refractivity contribution in [3.63, 3.8) is 0 Å².